The molecule has 23 heavy (non-hydrogen) atoms. The average Bonchev–Trinajstić information content (AvgIpc) is 2.55. The number of fused-ring (bicyclic) bond motifs is 1. The van der Waals surface area contributed by atoms with Crippen LogP contribution in [0.1, 0.15) is 17.7 Å². The van der Waals surface area contributed by atoms with Gasteiger partial charge in [0.15, 0.2) is 5.82 Å². The number of nitrogens with zero attached hydrogens (tertiary/aromatic N) is 2. The van der Waals surface area contributed by atoms with E-state index in [9.17, 15) is 9.18 Å². The number of aromatic nitrogens is 2. The molecule has 116 valence electrons. The van der Waals surface area contributed by atoms with E-state index < -0.39 is 17.6 Å². The standard InChI is InChI=1S/C16H13FN4O2/c17-10-4-1-8(2-5-10)15-20-7-9-3-6-11(13(19)16(22)23)12(18)14(9)21-15/h1-2,4-5,7,11,18-19H,3,6H2,(H,22,23). The topological polar surface area (TPSA) is 111 Å². The van der Waals surface area contributed by atoms with Crippen LogP contribution >= 0.6 is 0 Å². The molecule has 3 N–H and O–H groups in total. The van der Waals surface area contributed by atoms with Crippen LogP contribution in [0.25, 0.3) is 11.4 Å². The maximum absolute atomic E-state index is 13.0. The summed E-state index contributed by atoms with van der Waals surface area (Å²) in [5, 5.41) is 24.8. The number of carboxylic acids is 1. The van der Waals surface area contributed by atoms with E-state index in [1.165, 1.54) is 12.1 Å². The van der Waals surface area contributed by atoms with Gasteiger partial charge in [-0.25, -0.2) is 19.2 Å². The summed E-state index contributed by atoms with van der Waals surface area (Å²) < 4.78 is 13.0. The molecule has 2 aromatic rings. The molecule has 1 atom stereocenters. The van der Waals surface area contributed by atoms with Gasteiger partial charge < -0.3 is 10.5 Å². The van der Waals surface area contributed by atoms with Crippen molar-refractivity contribution in [3.8, 4) is 11.4 Å². The molecule has 0 fully saturated rings. The van der Waals surface area contributed by atoms with Crippen molar-refractivity contribution in [3.05, 3.63) is 47.5 Å². The zero-order valence-electron chi connectivity index (χ0n) is 12.0. The van der Waals surface area contributed by atoms with Gasteiger partial charge in [-0.15, -0.1) is 0 Å². The predicted molar refractivity (Wildman–Crippen MR) is 81.4 cm³/mol. The van der Waals surface area contributed by atoms with E-state index in [-0.39, 0.29) is 11.5 Å². The second-order valence-corrected chi connectivity index (χ2v) is 5.30. The Labute approximate surface area is 131 Å². The van der Waals surface area contributed by atoms with Crippen LogP contribution in [0.4, 0.5) is 4.39 Å². The minimum Gasteiger partial charge on any atom is -0.477 e. The third-order valence-electron chi connectivity index (χ3n) is 3.85. The van der Waals surface area contributed by atoms with Crippen LogP contribution in [-0.2, 0) is 11.2 Å². The van der Waals surface area contributed by atoms with Crippen molar-refractivity contribution in [2.75, 3.05) is 0 Å². The summed E-state index contributed by atoms with van der Waals surface area (Å²) in [7, 11) is 0. The quantitative estimate of drug-likeness (QED) is 0.755. The Morgan fingerprint density at radius 3 is 2.65 bits per heavy atom. The van der Waals surface area contributed by atoms with Crippen LogP contribution in [0.5, 0.6) is 0 Å². The summed E-state index contributed by atoms with van der Waals surface area (Å²) in [5.74, 6) is -2.11. The highest BCUT2D eigenvalue weighted by Gasteiger charge is 2.32. The lowest BCUT2D eigenvalue weighted by Gasteiger charge is -2.24. The lowest BCUT2D eigenvalue weighted by molar-refractivity contribution is -0.129. The Kier molecular flexibility index (Phi) is 3.69. The number of nitrogens with one attached hydrogen (secondary N) is 2. The van der Waals surface area contributed by atoms with Crippen LogP contribution in [0, 0.1) is 22.6 Å². The first-order valence-corrected chi connectivity index (χ1v) is 6.99. The first-order chi connectivity index (χ1) is 11.0. The molecule has 1 heterocycles. The first kappa shape index (κ1) is 15.0. The molecule has 0 aliphatic heterocycles. The predicted octanol–water partition coefficient (Wildman–Crippen LogP) is 2.32. The molecule has 0 radical (unpaired) electrons. The molecule has 1 aliphatic rings. The van der Waals surface area contributed by atoms with Crippen molar-refractivity contribution < 1.29 is 14.3 Å². The number of aliphatic carboxylic acids is 1. The third kappa shape index (κ3) is 2.73. The van der Waals surface area contributed by atoms with E-state index in [1.807, 2.05) is 0 Å². The van der Waals surface area contributed by atoms with Crippen molar-refractivity contribution in [2.45, 2.75) is 12.8 Å². The first-order valence-electron chi connectivity index (χ1n) is 6.99. The van der Waals surface area contributed by atoms with Crippen LogP contribution in [0.3, 0.4) is 0 Å². The van der Waals surface area contributed by atoms with Crippen LogP contribution in [0.2, 0.25) is 0 Å². The number of halogens is 1. The van der Waals surface area contributed by atoms with Crippen molar-refractivity contribution in [1.82, 2.24) is 9.97 Å². The van der Waals surface area contributed by atoms with E-state index in [0.717, 1.165) is 5.56 Å². The highest BCUT2D eigenvalue weighted by molar-refractivity contribution is 6.40. The average molecular weight is 312 g/mol. The summed E-state index contributed by atoms with van der Waals surface area (Å²) in [6, 6.07) is 5.68. The number of carboxylic acid groups (broad SMARTS) is 1. The molecule has 3 rings (SSSR count). The van der Waals surface area contributed by atoms with Crippen LogP contribution in [-0.4, -0.2) is 32.5 Å². The minimum absolute atomic E-state index is 0.0180. The molecule has 1 unspecified atom stereocenters. The fourth-order valence-electron chi connectivity index (χ4n) is 2.61. The maximum atomic E-state index is 13.0. The van der Waals surface area contributed by atoms with Gasteiger partial charge in [0.25, 0.3) is 0 Å². The van der Waals surface area contributed by atoms with E-state index in [0.29, 0.717) is 29.9 Å². The van der Waals surface area contributed by atoms with Crippen LogP contribution < -0.4 is 0 Å². The van der Waals surface area contributed by atoms with Gasteiger partial charge in [-0.1, -0.05) is 0 Å². The SMILES string of the molecule is N=C(C(=O)O)C1CCc2cnc(-c3ccc(F)cc3)nc2C1=N. The summed E-state index contributed by atoms with van der Waals surface area (Å²) >= 11 is 0. The summed E-state index contributed by atoms with van der Waals surface area (Å²) in [6.45, 7) is 0. The highest BCUT2D eigenvalue weighted by Crippen LogP contribution is 2.26. The fourth-order valence-corrected chi connectivity index (χ4v) is 2.61. The van der Waals surface area contributed by atoms with Gasteiger partial charge in [0, 0.05) is 11.8 Å². The molecular weight excluding hydrogens is 299 g/mol. The molecule has 0 saturated heterocycles. The van der Waals surface area contributed by atoms with Crippen molar-refractivity contribution in [3.63, 3.8) is 0 Å². The van der Waals surface area contributed by atoms with Gasteiger partial charge in [-0.2, -0.15) is 0 Å². The number of aryl methyl sites for hydroxylation is 1. The number of hydrogen-bond donors (Lipinski definition) is 3. The van der Waals surface area contributed by atoms with Gasteiger partial charge in [-0.05, 0) is 42.7 Å². The zero-order chi connectivity index (χ0) is 16.6. The number of benzene rings is 1. The van der Waals surface area contributed by atoms with Crippen molar-refractivity contribution in [1.29, 1.82) is 10.8 Å². The van der Waals surface area contributed by atoms with E-state index in [4.69, 9.17) is 15.9 Å². The smallest absolute Gasteiger partial charge is 0.350 e. The molecule has 0 saturated carbocycles. The molecule has 1 aromatic heterocycles. The lowest BCUT2D eigenvalue weighted by atomic mass is 9.82. The van der Waals surface area contributed by atoms with Gasteiger partial charge in [-0.3, -0.25) is 5.41 Å². The Morgan fingerprint density at radius 2 is 2.00 bits per heavy atom. The minimum atomic E-state index is -1.32. The number of hydrogen-bond acceptors (Lipinski definition) is 5. The van der Waals surface area contributed by atoms with Crippen molar-refractivity contribution >= 4 is 17.4 Å². The lowest BCUT2D eigenvalue weighted by Crippen LogP contribution is -2.34. The third-order valence-corrected chi connectivity index (χ3v) is 3.85. The molecule has 0 spiro atoms. The second-order valence-electron chi connectivity index (χ2n) is 5.30. The normalized spacial score (nSPS) is 16.7. The Balaban J connectivity index is 1.99. The molecular formula is C16H13FN4O2. The summed E-state index contributed by atoms with van der Waals surface area (Å²) in [6.07, 6.45) is 2.51. The highest BCUT2D eigenvalue weighted by atomic mass is 19.1. The Morgan fingerprint density at radius 1 is 1.30 bits per heavy atom. The second kappa shape index (κ2) is 5.68. The number of carbonyl (C=O) groups is 1. The van der Waals surface area contributed by atoms with Gasteiger partial charge in [0.2, 0.25) is 0 Å². The monoisotopic (exact) mass is 312 g/mol. The molecule has 1 aromatic carbocycles. The van der Waals surface area contributed by atoms with E-state index >= 15 is 0 Å². The van der Waals surface area contributed by atoms with Gasteiger partial charge in [0.1, 0.15) is 11.5 Å². The molecule has 7 heteroatoms. The summed E-state index contributed by atoms with van der Waals surface area (Å²) in [4.78, 5) is 19.6. The van der Waals surface area contributed by atoms with E-state index in [2.05, 4.69) is 9.97 Å². The van der Waals surface area contributed by atoms with E-state index in [1.54, 1.807) is 18.3 Å². The molecule has 0 bridgehead atoms. The maximum Gasteiger partial charge on any atom is 0.350 e. The van der Waals surface area contributed by atoms with Gasteiger partial charge in [0.05, 0.1) is 17.3 Å². The molecule has 6 nitrogen and oxygen atoms in total. The fraction of sp³-hybridized carbons (Fsp3) is 0.188. The molecule has 0 amide bonds. The largest absolute Gasteiger partial charge is 0.477 e. The number of rotatable bonds is 3. The Bertz CT molecular complexity index is 817. The molecule has 1 aliphatic carbocycles. The van der Waals surface area contributed by atoms with Gasteiger partial charge >= 0.3 is 5.97 Å². The summed E-state index contributed by atoms with van der Waals surface area (Å²) in [5.41, 5.74) is 1.25. The Hall–Kier alpha value is -2.96. The van der Waals surface area contributed by atoms with Crippen LogP contribution in [0.15, 0.2) is 30.5 Å². The zero-order valence-corrected chi connectivity index (χ0v) is 12.0. The van der Waals surface area contributed by atoms with Crippen molar-refractivity contribution in [2.24, 2.45) is 5.92 Å².